The standard InChI is InChI=1S/C15H15N5O4S/c1-8-14(20(22)23)9(2)19(18-8)7-13(21)17-15-16-11-5-4-10(24-3)6-12(11)25-15/h4-6H,7H2,1-3H3,(H,16,17,21). The first-order valence-electron chi connectivity index (χ1n) is 7.32. The fraction of sp³-hybridized carbons (Fsp3) is 0.267. The van der Waals surface area contributed by atoms with Crippen LogP contribution in [0.4, 0.5) is 10.8 Å². The van der Waals surface area contributed by atoms with Crippen molar-refractivity contribution in [2.24, 2.45) is 0 Å². The summed E-state index contributed by atoms with van der Waals surface area (Å²) >= 11 is 1.32. The van der Waals surface area contributed by atoms with Crippen LogP contribution in [0.1, 0.15) is 11.4 Å². The Hall–Kier alpha value is -3.01. The Morgan fingerprint density at radius 2 is 2.20 bits per heavy atom. The Morgan fingerprint density at radius 1 is 1.44 bits per heavy atom. The van der Waals surface area contributed by atoms with E-state index < -0.39 is 4.92 Å². The number of amides is 1. The summed E-state index contributed by atoms with van der Waals surface area (Å²) in [5.74, 6) is 0.357. The van der Waals surface area contributed by atoms with Gasteiger partial charge in [-0.2, -0.15) is 5.10 Å². The SMILES string of the molecule is COc1ccc2nc(NC(=O)Cn3nc(C)c([N+](=O)[O-])c3C)sc2c1. The molecule has 2 heterocycles. The van der Waals surface area contributed by atoms with Crippen molar-refractivity contribution in [3.63, 3.8) is 0 Å². The maximum atomic E-state index is 12.2. The van der Waals surface area contributed by atoms with E-state index in [0.717, 1.165) is 10.2 Å². The molecule has 1 amide bonds. The van der Waals surface area contributed by atoms with Crippen molar-refractivity contribution in [2.75, 3.05) is 12.4 Å². The van der Waals surface area contributed by atoms with Gasteiger partial charge in [-0.1, -0.05) is 11.3 Å². The fourth-order valence-corrected chi connectivity index (χ4v) is 3.40. The van der Waals surface area contributed by atoms with Crippen LogP contribution in [-0.2, 0) is 11.3 Å². The molecule has 0 unspecified atom stereocenters. The van der Waals surface area contributed by atoms with E-state index in [1.807, 2.05) is 12.1 Å². The van der Waals surface area contributed by atoms with E-state index in [0.29, 0.717) is 16.6 Å². The lowest BCUT2D eigenvalue weighted by atomic mass is 10.3. The number of ether oxygens (including phenoxy) is 1. The lowest BCUT2D eigenvalue weighted by Gasteiger charge is -2.03. The van der Waals surface area contributed by atoms with Crippen LogP contribution in [0.15, 0.2) is 18.2 Å². The van der Waals surface area contributed by atoms with Crippen LogP contribution in [0.5, 0.6) is 5.75 Å². The van der Waals surface area contributed by atoms with Crippen molar-refractivity contribution >= 4 is 38.3 Å². The molecule has 0 saturated heterocycles. The van der Waals surface area contributed by atoms with Crippen LogP contribution in [0, 0.1) is 24.0 Å². The van der Waals surface area contributed by atoms with Crippen molar-refractivity contribution in [3.8, 4) is 5.75 Å². The first-order valence-corrected chi connectivity index (χ1v) is 8.13. The van der Waals surface area contributed by atoms with Gasteiger partial charge in [-0.05, 0) is 32.0 Å². The zero-order chi connectivity index (χ0) is 18.1. The first kappa shape index (κ1) is 16.8. The molecule has 1 N–H and O–H groups in total. The second-order valence-corrected chi connectivity index (χ2v) is 6.37. The smallest absolute Gasteiger partial charge is 0.312 e. The Labute approximate surface area is 146 Å². The molecule has 0 fully saturated rings. The summed E-state index contributed by atoms with van der Waals surface area (Å²) in [4.78, 5) is 27.1. The maximum absolute atomic E-state index is 12.2. The van der Waals surface area contributed by atoms with Crippen LogP contribution < -0.4 is 10.1 Å². The molecule has 130 valence electrons. The van der Waals surface area contributed by atoms with E-state index in [9.17, 15) is 14.9 Å². The highest BCUT2D eigenvalue weighted by molar-refractivity contribution is 7.22. The number of hydrogen-bond donors (Lipinski definition) is 1. The summed E-state index contributed by atoms with van der Waals surface area (Å²) in [6.45, 7) is 2.98. The average molecular weight is 361 g/mol. The molecule has 0 radical (unpaired) electrons. The third-order valence-corrected chi connectivity index (χ3v) is 4.59. The molecular formula is C15H15N5O4S. The number of methoxy groups -OCH3 is 1. The van der Waals surface area contributed by atoms with Gasteiger partial charge in [0, 0.05) is 0 Å². The second kappa shape index (κ2) is 6.48. The van der Waals surface area contributed by atoms with E-state index in [1.54, 1.807) is 27.0 Å². The highest BCUT2D eigenvalue weighted by atomic mass is 32.1. The van der Waals surface area contributed by atoms with Crippen LogP contribution >= 0.6 is 11.3 Å². The lowest BCUT2D eigenvalue weighted by molar-refractivity contribution is -0.386. The number of rotatable bonds is 5. The van der Waals surface area contributed by atoms with Gasteiger partial charge in [0.05, 0.1) is 22.2 Å². The molecule has 0 aliphatic rings. The third-order valence-electron chi connectivity index (χ3n) is 3.66. The number of hydrogen-bond acceptors (Lipinski definition) is 7. The minimum Gasteiger partial charge on any atom is -0.497 e. The number of aryl methyl sites for hydroxylation is 1. The summed E-state index contributed by atoms with van der Waals surface area (Å²) < 4.78 is 7.37. The van der Waals surface area contributed by atoms with Gasteiger partial charge in [0.1, 0.15) is 23.7 Å². The molecule has 0 bridgehead atoms. The van der Waals surface area contributed by atoms with Gasteiger partial charge in [0.15, 0.2) is 5.13 Å². The number of aromatic nitrogens is 3. The van der Waals surface area contributed by atoms with E-state index in [2.05, 4.69) is 15.4 Å². The molecule has 0 aliphatic heterocycles. The zero-order valence-corrected chi connectivity index (χ0v) is 14.6. The van der Waals surface area contributed by atoms with Crippen molar-refractivity contribution < 1.29 is 14.5 Å². The quantitative estimate of drug-likeness (QED) is 0.552. The van der Waals surface area contributed by atoms with Gasteiger partial charge in [0.25, 0.3) is 0 Å². The van der Waals surface area contributed by atoms with E-state index in [4.69, 9.17) is 4.74 Å². The normalized spacial score (nSPS) is 10.8. The van der Waals surface area contributed by atoms with Gasteiger partial charge >= 0.3 is 5.69 Å². The zero-order valence-electron chi connectivity index (χ0n) is 13.8. The third kappa shape index (κ3) is 3.29. The summed E-state index contributed by atoms with van der Waals surface area (Å²) in [5, 5.41) is 18.2. The van der Waals surface area contributed by atoms with E-state index >= 15 is 0 Å². The topological polar surface area (TPSA) is 112 Å². The molecule has 3 aromatic rings. The lowest BCUT2D eigenvalue weighted by Crippen LogP contribution is -2.20. The number of fused-ring (bicyclic) bond motifs is 1. The minimum absolute atomic E-state index is 0.0696. The number of carbonyl (C=O) groups is 1. The van der Waals surface area contributed by atoms with Crippen molar-refractivity contribution in [1.29, 1.82) is 0 Å². The van der Waals surface area contributed by atoms with E-state index in [-0.39, 0.29) is 23.8 Å². The molecule has 0 spiro atoms. The number of nitro groups is 1. The Kier molecular flexibility index (Phi) is 4.36. The summed E-state index contributed by atoms with van der Waals surface area (Å²) in [6.07, 6.45) is 0. The van der Waals surface area contributed by atoms with Gasteiger partial charge in [-0.15, -0.1) is 0 Å². The second-order valence-electron chi connectivity index (χ2n) is 5.34. The molecule has 10 heteroatoms. The van der Waals surface area contributed by atoms with Gasteiger partial charge in [-0.3, -0.25) is 19.6 Å². The van der Waals surface area contributed by atoms with Crippen molar-refractivity contribution in [3.05, 3.63) is 39.7 Å². The number of carbonyl (C=O) groups excluding carboxylic acids is 1. The molecule has 0 atom stereocenters. The number of nitrogens with zero attached hydrogens (tertiary/aromatic N) is 4. The van der Waals surface area contributed by atoms with Crippen LogP contribution in [0.25, 0.3) is 10.2 Å². The predicted molar refractivity (Wildman–Crippen MR) is 93.2 cm³/mol. The molecule has 9 nitrogen and oxygen atoms in total. The number of benzene rings is 1. The van der Waals surface area contributed by atoms with Crippen LogP contribution in [0.2, 0.25) is 0 Å². The summed E-state index contributed by atoms with van der Waals surface area (Å²) in [5.41, 5.74) is 1.30. The highest BCUT2D eigenvalue weighted by Crippen LogP contribution is 2.29. The number of thiazole rings is 1. The molecule has 3 rings (SSSR count). The van der Waals surface area contributed by atoms with E-state index in [1.165, 1.54) is 16.0 Å². The highest BCUT2D eigenvalue weighted by Gasteiger charge is 2.23. The average Bonchev–Trinajstić information content (AvgIpc) is 3.06. The predicted octanol–water partition coefficient (Wildman–Crippen LogP) is 2.67. The Bertz CT molecular complexity index is 978. The molecular weight excluding hydrogens is 346 g/mol. The van der Waals surface area contributed by atoms with Crippen LogP contribution in [-0.4, -0.2) is 32.7 Å². The van der Waals surface area contributed by atoms with Gasteiger partial charge < -0.3 is 10.1 Å². The number of nitrogens with one attached hydrogen (secondary N) is 1. The van der Waals surface area contributed by atoms with Crippen LogP contribution in [0.3, 0.4) is 0 Å². The summed E-state index contributed by atoms with van der Waals surface area (Å²) in [6, 6.07) is 5.44. The fourth-order valence-electron chi connectivity index (χ4n) is 2.49. The Morgan fingerprint density at radius 3 is 2.84 bits per heavy atom. The minimum atomic E-state index is -0.493. The maximum Gasteiger partial charge on any atom is 0.312 e. The molecule has 25 heavy (non-hydrogen) atoms. The van der Waals surface area contributed by atoms with Crippen molar-refractivity contribution in [1.82, 2.24) is 14.8 Å². The summed E-state index contributed by atoms with van der Waals surface area (Å²) in [7, 11) is 1.58. The molecule has 0 saturated carbocycles. The monoisotopic (exact) mass is 361 g/mol. The largest absolute Gasteiger partial charge is 0.497 e. The molecule has 2 aromatic heterocycles. The van der Waals surface area contributed by atoms with Gasteiger partial charge in [0.2, 0.25) is 5.91 Å². The first-order chi connectivity index (χ1) is 11.9. The van der Waals surface area contributed by atoms with Gasteiger partial charge in [-0.25, -0.2) is 4.98 Å². The Balaban J connectivity index is 1.77. The number of anilines is 1. The molecule has 1 aromatic carbocycles. The van der Waals surface area contributed by atoms with Crippen molar-refractivity contribution in [2.45, 2.75) is 20.4 Å². The molecule has 0 aliphatic carbocycles.